The van der Waals surface area contributed by atoms with Crippen molar-refractivity contribution >= 4 is 11.9 Å². The quantitative estimate of drug-likeness (QED) is 0.670. The van der Waals surface area contributed by atoms with Gasteiger partial charge >= 0.3 is 11.9 Å². The number of ether oxygens (including phenoxy) is 1. The first-order chi connectivity index (χ1) is 6.65. The van der Waals surface area contributed by atoms with Gasteiger partial charge in [0.1, 0.15) is 0 Å². The average Bonchev–Trinajstić information content (AvgIpc) is 2.74. The molecule has 2 bridgehead atoms. The first-order valence-corrected chi connectivity index (χ1v) is 4.95. The lowest BCUT2D eigenvalue weighted by molar-refractivity contribution is -0.158. The maximum Gasteiger partial charge on any atom is 0.309 e. The summed E-state index contributed by atoms with van der Waals surface area (Å²) in [6.45, 7) is 0. The topological polar surface area (TPSA) is 63.6 Å². The van der Waals surface area contributed by atoms with Gasteiger partial charge in [0.25, 0.3) is 0 Å². The van der Waals surface area contributed by atoms with Gasteiger partial charge in [0, 0.05) is 0 Å². The molecule has 2 aliphatic rings. The van der Waals surface area contributed by atoms with E-state index in [1.807, 2.05) is 0 Å². The van der Waals surface area contributed by atoms with Crippen molar-refractivity contribution in [2.75, 3.05) is 7.11 Å². The van der Waals surface area contributed by atoms with Crippen molar-refractivity contribution in [3.8, 4) is 0 Å². The van der Waals surface area contributed by atoms with Gasteiger partial charge in [-0.1, -0.05) is 0 Å². The smallest absolute Gasteiger partial charge is 0.309 e. The van der Waals surface area contributed by atoms with Crippen molar-refractivity contribution in [2.45, 2.75) is 19.3 Å². The van der Waals surface area contributed by atoms with Crippen LogP contribution in [0, 0.1) is 23.7 Å². The van der Waals surface area contributed by atoms with Crippen LogP contribution < -0.4 is 0 Å². The summed E-state index contributed by atoms with van der Waals surface area (Å²) >= 11 is 0. The Kier molecular flexibility index (Phi) is 2.21. The fourth-order valence-electron chi connectivity index (χ4n) is 3.12. The molecule has 0 aromatic heterocycles. The third-order valence-electron chi connectivity index (χ3n) is 3.67. The monoisotopic (exact) mass is 198 g/mol. The number of carboxylic acid groups (broad SMARTS) is 1. The van der Waals surface area contributed by atoms with Crippen molar-refractivity contribution in [1.29, 1.82) is 0 Å². The minimum absolute atomic E-state index is 0.196. The second-order valence-electron chi connectivity index (χ2n) is 4.25. The van der Waals surface area contributed by atoms with Crippen LogP contribution in [-0.2, 0) is 14.3 Å². The largest absolute Gasteiger partial charge is 0.481 e. The van der Waals surface area contributed by atoms with Gasteiger partial charge in [-0.3, -0.25) is 9.59 Å². The molecule has 2 aliphatic carbocycles. The second-order valence-corrected chi connectivity index (χ2v) is 4.25. The van der Waals surface area contributed by atoms with E-state index in [0.29, 0.717) is 0 Å². The summed E-state index contributed by atoms with van der Waals surface area (Å²) in [4.78, 5) is 22.4. The maximum atomic E-state index is 11.4. The van der Waals surface area contributed by atoms with Crippen LogP contribution in [0.15, 0.2) is 0 Å². The number of methoxy groups -OCH3 is 1. The Balaban J connectivity index is 2.21. The van der Waals surface area contributed by atoms with Crippen molar-refractivity contribution < 1.29 is 19.4 Å². The van der Waals surface area contributed by atoms with E-state index in [9.17, 15) is 9.59 Å². The van der Waals surface area contributed by atoms with Gasteiger partial charge in [-0.25, -0.2) is 0 Å². The molecule has 4 nitrogen and oxygen atoms in total. The van der Waals surface area contributed by atoms with Gasteiger partial charge in [-0.05, 0) is 31.1 Å². The summed E-state index contributed by atoms with van der Waals surface area (Å²) in [6.07, 6.45) is 2.82. The number of carbonyl (C=O) groups excluding carboxylic acids is 1. The van der Waals surface area contributed by atoms with Crippen LogP contribution in [0.25, 0.3) is 0 Å². The lowest BCUT2D eigenvalue weighted by Crippen LogP contribution is -2.35. The van der Waals surface area contributed by atoms with Crippen molar-refractivity contribution in [1.82, 2.24) is 0 Å². The number of fused-ring (bicyclic) bond motifs is 2. The summed E-state index contributed by atoms with van der Waals surface area (Å²) in [7, 11) is 1.33. The minimum Gasteiger partial charge on any atom is -0.481 e. The lowest BCUT2D eigenvalue weighted by Gasteiger charge is -2.25. The zero-order valence-corrected chi connectivity index (χ0v) is 8.10. The van der Waals surface area contributed by atoms with E-state index in [0.717, 1.165) is 19.3 Å². The van der Waals surface area contributed by atoms with Crippen molar-refractivity contribution in [3.63, 3.8) is 0 Å². The third kappa shape index (κ3) is 1.21. The van der Waals surface area contributed by atoms with E-state index in [2.05, 4.69) is 4.74 Å². The molecule has 1 N–H and O–H groups in total. The van der Waals surface area contributed by atoms with E-state index < -0.39 is 17.8 Å². The minimum atomic E-state index is -0.840. The number of rotatable bonds is 2. The molecule has 0 heterocycles. The first-order valence-electron chi connectivity index (χ1n) is 4.95. The predicted octanol–water partition coefficient (Wildman–Crippen LogP) is 0.906. The van der Waals surface area contributed by atoms with E-state index in [1.165, 1.54) is 7.11 Å². The number of aliphatic carboxylic acids is 1. The SMILES string of the molecule is COC(=O)[C@H]1C2CCC(C2)[C@@H]1C(=O)O. The number of esters is 1. The molecule has 0 aromatic rings. The molecule has 0 saturated heterocycles. The van der Waals surface area contributed by atoms with Crippen LogP contribution in [0.2, 0.25) is 0 Å². The van der Waals surface area contributed by atoms with Gasteiger partial charge in [-0.15, -0.1) is 0 Å². The Hall–Kier alpha value is -1.06. The highest BCUT2D eigenvalue weighted by atomic mass is 16.5. The predicted molar refractivity (Wildman–Crippen MR) is 47.5 cm³/mol. The summed E-state index contributed by atoms with van der Waals surface area (Å²) in [5, 5.41) is 9.04. The molecule has 2 fully saturated rings. The Morgan fingerprint density at radius 2 is 1.79 bits per heavy atom. The first kappa shape index (κ1) is 9.49. The van der Waals surface area contributed by atoms with Crippen molar-refractivity contribution in [2.24, 2.45) is 23.7 Å². The number of hydrogen-bond acceptors (Lipinski definition) is 3. The van der Waals surface area contributed by atoms with Gasteiger partial charge in [0.05, 0.1) is 18.9 Å². The molecule has 0 aliphatic heterocycles. The molecular formula is C10H14O4. The molecule has 4 atom stereocenters. The van der Waals surface area contributed by atoms with Crippen LogP contribution in [0.3, 0.4) is 0 Å². The summed E-state index contributed by atoms with van der Waals surface area (Å²) in [6, 6.07) is 0. The van der Waals surface area contributed by atoms with Crippen LogP contribution in [0.4, 0.5) is 0 Å². The molecule has 4 heteroatoms. The number of carboxylic acids is 1. The van der Waals surface area contributed by atoms with Gasteiger partial charge in [-0.2, -0.15) is 0 Å². The highest BCUT2D eigenvalue weighted by Crippen LogP contribution is 2.52. The second kappa shape index (κ2) is 3.26. The Morgan fingerprint density at radius 3 is 2.29 bits per heavy atom. The number of hydrogen-bond donors (Lipinski definition) is 1. The molecule has 0 radical (unpaired) electrons. The lowest BCUT2D eigenvalue weighted by atomic mass is 9.79. The zero-order valence-electron chi connectivity index (χ0n) is 8.10. The van der Waals surface area contributed by atoms with E-state index in [4.69, 9.17) is 5.11 Å². The molecule has 2 rings (SSSR count). The molecular weight excluding hydrogens is 184 g/mol. The fourth-order valence-corrected chi connectivity index (χ4v) is 3.12. The zero-order chi connectivity index (χ0) is 10.3. The molecule has 0 spiro atoms. The Labute approximate surface area is 82.2 Å². The summed E-state index contributed by atoms with van der Waals surface area (Å²) in [5.74, 6) is -1.63. The molecule has 0 amide bonds. The third-order valence-corrected chi connectivity index (χ3v) is 3.67. The summed E-state index contributed by atoms with van der Waals surface area (Å²) in [5.41, 5.74) is 0. The number of carbonyl (C=O) groups is 2. The molecule has 2 saturated carbocycles. The Morgan fingerprint density at radius 1 is 1.21 bits per heavy atom. The molecule has 78 valence electrons. The average molecular weight is 198 g/mol. The standard InChI is InChI=1S/C10H14O4/c1-14-10(13)8-6-3-2-5(4-6)7(8)9(11)12/h5-8H,2-4H2,1H3,(H,11,12)/t5?,6?,7-,8-/m0/s1. The van der Waals surface area contributed by atoms with E-state index >= 15 is 0 Å². The fraction of sp³-hybridized carbons (Fsp3) is 0.800. The molecule has 0 aromatic carbocycles. The maximum absolute atomic E-state index is 11.4. The van der Waals surface area contributed by atoms with Gasteiger partial charge in [0.2, 0.25) is 0 Å². The van der Waals surface area contributed by atoms with E-state index in [1.54, 1.807) is 0 Å². The van der Waals surface area contributed by atoms with E-state index in [-0.39, 0.29) is 17.8 Å². The molecule has 14 heavy (non-hydrogen) atoms. The van der Waals surface area contributed by atoms with Crippen molar-refractivity contribution in [3.05, 3.63) is 0 Å². The highest BCUT2D eigenvalue weighted by molar-refractivity contribution is 5.82. The van der Waals surface area contributed by atoms with Crippen LogP contribution in [-0.4, -0.2) is 24.2 Å². The highest BCUT2D eigenvalue weighted by Gasteiger charge is 2.54. The van der Waals surface area contributed by atoms with Crippen LogP contribution in [0.5, 0.6) is 0 Å². The summed E-state index contributed by atoms with van der Waals surface area (Å²) < 4.78 is 4.66. The van der Waals surface area contributed by atoms with Crippen LogP contribution in [0.1, 0.15) is 19.3 Å². The molecule has 2 unspecified atom stereocenters. The van der Waals surface area contributed by atoms with Gasteiger partial charge < -0.3 is 9.84 Å². The van der Waals surface area contributed by atoms with Gasteiger partial charge in [0.15, 0.2) is 0 Å². The Bertz CT molecular complexity index is 273. The normalized spacial score (nSPS) is 39.8. The van der Waals surface area contributed by atoms with Crippen LogP contribution >= 0.6 is 0 Å².